The topological polar surface area (TPSA) is 58.6 Å². The van der Waals surface area contributed by atoms with Crippen LogP contribution in [0.3, 0.4) is 0 Å². The Labute approximate surface area is 108 Å². The number of phenolic OH excluding ortho intramolecular Hbond substituents is 1. The van der Waals surface area contributed by atoms with Crippen molar-refractivity contribution < 1.29 is 14.6 Å². The molecule has 0 aliphatic carbocycles. The average molecular weight is 267 g/mol. The highest BCUT2D eigenvalue weighted by Gasteiger charge is 2.22. The van der Waals surface area contributed by atoms with Crippen LogP contribution in [0.25, 0.3) is 6.08 Å². The molecule has 1 aromatic rings. The van der Waals surface area contributed by atoms with E-state index in [1.807, 2.05) is 0 Å². The molecule has 1 aromatic carbocycles. The third-order valence-electron chi connectivity index (χ3n) is 2.16. The molecule has 88 valence electrons. The van der Waals surface area contributed by atoms with E-state index in [1.165, 1.54) is 24.9 Å². The molecule has 1 heterocycles. The van der Waals surface area contributed by atoms with Gasteiger partial charge in [-0.25, -0.2) is 0 Å². The van der Waals surface area contributed by atoms with E-state index in [4.69, 9.17) is 17.0 Å². The maximum Gasteiger partial charge on any atom is 0.263 e. The summed E-state index contributed by atoms with van der Waals surface area (Å²) >= 11 is 6.07. The second kappa shape index (κ2) is 4.77. The Morgan fingerprint density at radius 1 is 1.53 bits per heavy atom. The van der Waals surface area contributed by atoms with Crippen LogP contribution in [0.15, 0.2) is 23.1 Å². The first kappa shape index (κ1) is 11.9. The Balaban J connectivity index is 2.42. The van der Waals surface area contributed by atoms with Crippen molar-refractivity contribution in [3.05, 3.63) is 28.7 Å². The number of para-hydroxylation sites is 1. The number of aromatic hydroxyl groups is 1. The lowest BCUT2D eigenvalue weighted by Crippen LogP contribution is -2.17. The summed E-state index contributed by atoms with van der Waals surface area (Å²) in [5.41, 5.74) is 0.634. The molecule has 0 saturated carbocycles. The van der Waals surface area contributed by atoms with E-state index in [0.29, 0.717) is 20.5 Å². The van der Waals surface area contributed by atoms with E-state index in [-0.39, 0.29) is 11.7 Å². The number of phenols is 1. The van der Waals surface area contributed by atoms with Gasteiger partial charge in [-0.15, -0.1) is 0 Å². The van der Waals surface area contributed by atoms with E-state index in [0.717, 1.165) is 0 Å². The van der Waals surface area contributed by atoms with Crippen LogP contribution in [0, 0.1) is 0 Å². The molecule has 1 aliphatic heterocycles. The second-order valence-electron chi connectivity index (χ2n) is 3.25. The van der Waals surface area contributed by atoms with Crippen molar-refractivity contribution in [3.8, 4) is 11.5 Å². The monoisotopic (exact) mass is 267 g/mol. The highest BCUT2D eigenvalue weighted by molar-refractivity contribution is 8.26. The van der Waals surface area contributed by atoms with E-state index >= 15 is 0 Å². The van der Waals surface area contributed by atoms with Gasteiger partial charge in [0, 0.05) is 5.56 Å². The van der Waals surface area contributed by atoms with Crippen LogP contribution < -0.4 is 10.1 Å². The zero-order chi connectivity index (χ0) is 12.4. The predicted octanol–water partition coefficient (Wildman–Crippen LogP) is 1.89. The van der Waals surface area contributed by atoms with Crippen LogP contribution in [0.4, 0.5) is 0 Å². The lowest BCUT2D eigenvalue weighted by molar-refractivity contribution is -0.115. The molecular weight excluding hydrogens is 258 g/mol. The second-order valence-corrected chi connectivity index (χ2v) is 4.97. The summed E-state index contributed by atoms with van der Waals surface area (Å²) in [6.45, 7) is 0. The van der Waals surface area contributed by atoms with Crippen molar-refractivity contribution >= 4 is 40.3 Å². The molecule has 1 aliphatic rings. The summed E-state index contributed by atoms with van der Waals surface area (Å²) < 4.78 is 5.51. The Kier molecular flexibility index (Phi) is 3.35. The zero-order valence-electron chi connectivity index (χ0n) is 8.89. The van der Waals surface area contributed by atoms with Gasteiger partial charge in [-0.05, 0) is 12.1 Å². The minimum atomic E-state index is -0.231. The number of carbonyl (C=O) groups is 1. The first-order valence-corrected chi connectivity index (χ1v) is 5.95. The highest BCUT2D eigenvalue weighted by Crippen LogP contribution is 2.34. The van der Waals surface area contributed by atoms with Crippen molar-refractivity contribution in [2.75, 3.05) is 7.11 Å². The number of rotatable bonds is 2. The van der Waals surface area contributed by atoms with E-state index < -0.39 is 0 Å². The highest BCUT2D eigenvalue weighted by atomic mass is 32.2. The molecule has 0 aromatic heterocycles. The fourth-order valence-electron chi connectivity index (χ4n) is 1.44. The van der Waals surface area contributed by atoms with Gasteiger partial charge in [0.15, 0.2) is 11.5 Å². The van der Waals surface area contributed by atoms with Crippen molar-refractivity contribution in [2.45, 2.75) is 0 Å². The molecule has 6 heteroatoms. The van der Waals surface area contributed by atoms with Crippen molar-refractivity contribution in [1.82, 2.24) is 5.32 Å². The number of methoxy groups -OCH3 is 1. The molecule has 1 fully saturated rings. The van der Waals surface area contributed by atoms with Gasteiger partial charge in [-0.3, -0.25) is 4.79 Å². The molecule has 1 saturated heterocycles. The summed E-state index contributed by atoms with van der Waals surface area (Å²) in [5.74, 6) is 0.143. The molecule has 2 N–H and O–H groups in total. The number of benzene rings is 1. The number of thioether (sulfide) groups is 1. The smallest absolute Gasteiger partial charge is 0.263 e. The molecule has 2 rings (SSSR count). The van der Waals surface area contributed by atoms with Gasteiger partial charge in [0.1, 0.15) is 4.32 Å². The molecule has 17 heavy (non-hydrogen) atoms. The van der Waals surface area contributed by atoms with Crippen LogP contribution >= 0.6 is 24.0 Å². The van der Waals surface area contributed by atoms with Crippen LogP contribution in [0.1, 0.15) is 5.56 Å². The normalized spacial score (nSPS) is 17.4. The Hall–Kier alpha value is -1.53. The van der Waals surface area contributed by atoms with Gasteiger partial charge >= 0.3 is 0 Å². The van der Waals surface area contributed by atoms with Crippen LogP contribution in [-0.4, -0.2) is 22.4 Å². The number of ether oxygens (including phenoxy) is 1. The van der Waals surface area contributed by atoms with Gasteiger partial charge in [0.25, 0.3) is 5.91 Å². The largest absolute Gasteiger partial charge is 0.504 e. The fourth-order valence-corrected chi connectivity index (χ4v) is 2.48. The van der Waals surface area contributed by atoms with Gasteiger partial charge < -0.3 is 15.2 Å². The minimum Gasteiger partial charge on any atom is -0.504 e. The minimum absolute atomic E-state index is 0.0350. The van der Waals surface area contributed by atoms with Crippen LogP contribution in [-0.2, 0) is 4.79 Å². The van der Waals surface area contributed by atoms with Gasteiger partial charge in [0.05, 0.1) is 12.0 Å². The Bertz CT molecular complexity index is 525. The number of carbonyl (C=O) groups excluding carboxylic acids is 1. The zero-order valence-corrected chi connectivity index (χ0v) is 10.5. The van der Waals surface area contributed by atoms with Gasteiger partial charge in [0.2, 0.25) is 0 Å². The SMILES string of the molecule is COc1c(O)cccc1/C=C1\SC(=S)NC1=O. The first-order valence-electron chi connectivity index (χ1n) is 4.72. The third-order valence-corrected chi connectivity index (χ3v) is 3.32. The lowest BCUT2D eigenvalue weighted by atomic mass is 10.1. The summed E-state index contributed by atoms with van der Waals surface area (Å²) in [4.78, 5) is 12.0. The van der Waals surface area contributed by atoms with E-state index in [2.05, 4.69) is 5.32 Å². The van der Waals surface area contributed by atoms with Gasteiger partial charge in [-0.1, -0.05) is 36.1 Å². The molecule has 0 unspecified atom stereocenters. The van der Waals surface area contributed by atoms with Crippen LogP contribution in [0.2, 0.25) is 0 Å². The van der Waals surface area contributed by atoms with Crippen LogP contribution in [0.5, 0.6) is 11.5 Å². The number of hydrogen-bond donors (Lipinski definition) is 2. The number of amides is 1. The Morgan fingerprint density at radius 3 is 2.88 bits per heavy atom. The van der Waals surface area contributed by atoms with Crippen molar-refractivity contribution in [2.24, 2.45) is 0 Å². The average Bonchev–Trinajstić information content (AvgIpc) is 2.58. The molecule has 4 nitrogen and oxygen atoms in total. The molecule has 0 atom stereocenters. The van der Waals surface area contributed by atoms with Crippen molar-refractivity contribution in [3.63, 3.8) is 0 Å². The quantitative estimate of drug-likeness (QED) is 0.633. The molecule has 0 bridgehead atoms. The van der Waals surface area contributed by atoms with Gasteiger partial charge in [-0.2, -0.15) is 0 Å². The number of hydrogen-bond acceptors (Lipinski definition) is 5. The number of nitrogens with one attached hydrogen (secondary N) is 1. The molecule has 0 spiro atoms. The van der Waals surface area contributed by atoms with E-state index in [9.17, 15) is 9.90 Å². The van der Waals surface area contributed by atoms with E-state index in [1.54, 1.807) is 18.2 Å². The molecular formula is C11H9NO3S2. The lowest BCUT2D eigenvalue weighted by Gasteiger charge is -2.06. The summed E-state index contributed by atoms with van der Waals surface area (Å²) in [5, 5.41) is 12.1. The molecule has 1 amide bonds. The first-order chi connectivity index (χ1) is 8.11. The molecule has 0 radical (unpaired) electrons. The standard InChI is InChI=1S/C11H9NO3S2/c1-15-9-6(3-2-4-7(9)13)5-8-10(14)12-11(16)17-8/h2-5,13H,1H3,(H,12,14,16)/b8-5-. The summed E-state index contributed by atoms with van der Waals surface area (Å²) in [7, 11) is 1.46. The number of thiocarbonyl (C=S) groups is 1. The predicted molar refractivity (Wildman–Crippen MR) is 71.0 cm³/mol. The maximum atomic E-state index is 11.5. The summed E-state index contributed by atoms with van der Waals surface area (Å²) in [6, 6.07) is 4.95. The third kappa shape index (κ3) is 2.42. The fraction of sp³-hybridized carbons (Fsp3) is 0.0909. The van der Waals surface area contributed by atoms with Crippen molar-refractivity contribution in [1.29, 1.82) is 0 Å². The maximum absolute atomic E-state index is 11.5. The Morgan fingerprint density at radius 2 is 2.29 bits per heavy atom. The summed E-state index contributed by atoms with van der Waals surface area (Å²) in [6.07, 6.45) is 1.64.